The SMILES string of the molecule is CCCCCCCC=CC=C[C@H](O)[C@@H](O)[C@H](O)[C@@](C)(O)[C@](C)(O)[C@@](C)(O)[C@H](O)[C@@H](O)CCCCCCCCCCCCC(=O)O. The third kappa shape index (κ3) is 15.9. The molecule has 0 aliphatic heterocycles. The molecular weight excluding hydrogens is 580 g/mol. The van der Waals surface area contributed by atoms with E-state index in [1.807, 2.05) is 6.08 Å². The van der Waals surface area contributed by atoms with Gasteiger partial charge >= 0.3 is 5.97 Å². The van der Waals surface area contributed by atoms with Gasteiger partial charge in [0, 0.05) is 6.42 Å². The lowest BCUT2D eigenvalue weighted by atomic mass is 9.66. The number of aliphatic carboxylic acids is 1. The topological polar surface area (TPSA) is 199 Å². The van der Waals surface area contributed by atoms with Crippen LogP contribution in [0, 0.1) is 0 Å². The molecule has 9 N–H and O–H groups in total. The molecule has 0 rings (SSSR count). The van der Waals surface area contributed by atoms with Crippen molar-refractivity contribution in [3.8, 4) is 0 Å². The lowest BCUT2D eigenvalue weighted by molar-refractivity contribution is -0.296. The number of aliphatic hydroxyl groups is 8. The van der Waals surface area contributed by atoms with Gasteiger partial charge in [-0.25, -0.2) is 0 Å². The second-order valence-corrected chi connectivity index (χ2v) is 13.3. The zero-order valence-electron chi connectivity index (χ0n) is 28.4. The van der Waals surface area contributed by atoms with Crippen LogP contribution in [-0.2, 0) is 4.79 Å². The second-order valence-electron chi connectivity index (χ2n) is 13.3. The molecule has 0 radical (unpaired) electrons. The van der Waals surface area contributed by atoms with E-state index in [0.717, 1.165) is 91.4 Å². The van der Waals surface area contributed by atoms with Crippen LogP contribution >= 0.6 is 0 Å². The molecule has 0 amide bonds. The predicted octanol–water partition coefficient (Wildman–Crippen LogP) is 4.28. The Labute approximate surface area is 271 Å². The Morgan fingerprint density at radius 2 is 1.11 bits per heavy atom. The lowest BCUT2D eigenvalue weighted by Gasteiger charge is -2.52. The van der Waals surface area contributed by atoms with Crippen molar-refractivity contribution >= 4 is 5.97 Å². The maximum atomic E-state index is 11.2. The quantitative estimate of drug-likeness (QED) is 0.0437. The molecule has 0 aliphatic rings. The minimum Gasteiger partial charge on any atom is -0.481 e. The Bertz CT molecular complexity index is 823. The van der Waals surface area contributed by atoms with Crippen molar-refractivity contribution in [3.63, 3.8) is 0 Å². The minimum absolute atomic E-state index is 0.139. The number of aliphatic hydroxyl groups excluding tert-OH is 5. The van der Waals surface area contributed by atoms with Gasteiger partial charge in [-0.15, -0.1) is 0 Å². The van der Waals surface area contributed by atoms with Crippen molar-refractivity contribution in [1.29, 1.82) is 0 Å². The molecule has 0 aromatic heterocycles. The van der Waals surface area contributed by atoms with Crippen LogP contribution in [0.15, 0.2) is 24.3 Å². The van der Waals surface area contributed by atoms with Gasteiger partial charge in [0.05, 0.1) is 6.10 Å². The van der Waals surface area contributed by atoms with E-state index in [2.05, 4.69) is 6.92 Å². The molecule has 10 heteroatoms. The van der Waals surface area contributed by atoms with Gasteiger partial charge in [-0.2, -0.15) is 0 Å². The summed E-state index contributed by atoms with van der Waals surface area (Å²) in [6, 6.07) is 0. The van der Waals surface area contributed by atoms with E-state index in [0.29, 0.717) is 12.8 Å². The maximum absolute atomic E-state index is 11.2. The van der Waals surface area contributed by atoms with E-state index in [9.17, 15) is 45.6 Å². The molecule has 10 nitrogen and oxygen atoms in total. The standard InChI is InChI=1S/C35H66O10/c1-5-6-7-8-9-12-15-18-21-24-27(36)30(40)32(42)34(3,44)35(4,45)33(2,43)31(41)28(37)25-22-19-16-13-10-11-14-17-20-23-26-29(38)39/h15,18,21,24,27-28,30-32,36-37,40-45H,5-14,16-17,19-20,22-23,25-26H2,1-4H3,(H,38,39)/t27-,28-,30+,31+,32-,33-,34+,35+/m0/s1. The smallest absolute Gasteiger partial charge is 0.303 e. The fraction of sp³-hybridized carbons (Fsp3) is 0.857. The van der Waals surface area contributed by atoms with Crippen molar-refractivity contribution in [1.82, 2.24) is 0 Å². The molecule has 0 unspecified atom stereocenters. The van der Waals surface area contributed by atoms with Gasteiger partial charge < -0.3 is 46.0 Å². The summed E-state index contributed by atoms with van der Waals surface area (Å²) in [6.07, 6.45) is 13.6. The fourth-order valence-electron chi connectivity index (χ4n) is 5.52. The largest absolute Gasteiger partial charge is 0.481 e. The van der Waals surface area contributed by atoms with E-state index < -0.39 is 53.3 Å². The average Bonchev–Trinajstić information content (AvgIpc) is 2.98. The van der Waals surface area contributed by atoms with Crippen LogP contribution in [0.25, 0.3) is 0 Å². The predicted molar refractivity (Wildman–Crippen MR) is 177 cm³/mol. The van der Waals surface area contributed by atoms with E-state index >= 15 is 0 Å². The van der Waals surface area contributed by atoms with E-state index in [-0.39, 0.29) is 12.8 Å². The van der Waals surface area contributed by atoms with Crippen molar-refractivity contribution < 1.29 is 50.8 Å². The first kappa shape index (κ1) is 43.6. The third-order valence-corrected chi connectivity index (χ3v) is 9.33. The average molecular weight is 647 g/mol. The monoisotopic (exact) mass is 646 g/mol. The molecule has 266 valence electrons. The van der Waals surface area contributed by atoms with Crippen molar-refractivity contribution in [2.75, 3.05) is 0 Å². The summed E-state index contributed by atoms with van der Waals surface area (Å²) in [5.41, 5.74) is -7.76. The van der Waals surface area contributed by atoms with Gasteiger partial charge in [-0.1, -0.05) is 115 Å². The third-order valence-electron chi connectivity index (χ3n) is 9.33. The zero-order chi connectivity index (χ0) is 34.5. The highest BCUT2D eigenvalue weighted by molar-refractivity contribution is 5.66. The van der Waals surface area contributed by atoms with Gasteiger partial charge in [0.25, 0.3) is 0 Å². The Morgan fingerprint density at radius 3 is 1.64 bits per heavy atom. The highest BCUT2D eigenvalue weighted by Crippen LogP contribution is 2.39. The summed E-state index contributed by atoms with van der Waals surface area (Å²) in [7, 11) is 0. The van der Waals surface area contributed by atoms with Gasteiger partial charge in [-0.3, -0.25) is 4.79 Å². The van der Waals surface area contributed by atoms with E-state index in [1.54, 1.807) is 6.08 Å². The van der Waals surface area contributed by atoms with E-state index in [1.165, 1.54) is 31.4 Å². The zero-order valence-corrected chi connectivity index (χ0v) is 28.4. The van der Waals surface area contributed by atoms with Crippen LogP contribution in [0.5, 0.6) is 0 Å². The Kier molecular flexibility index (Phi) is 22.3. The molecule has 45 heavy (non-hydrogen) atoms. The molecule has 0 spiro atoms. The number of carbonyl (C=O) groups is 1. The summed E-state index contributed by atoms with van der Waals surface area (Å²) < 4.78 is 0. The minimum atomic E-state index is -2.63. The molecular formula is C35H66O10. The number of rotatable bonds is 28. The van der Waals surface area contributed by atoms with Crippen LogP contribution in [0.2, 0.25) is 0 Å². The lowest BCUT2D eigenvalue weighted by Crippen LogP contribution is -2.74. The van der Waals surface area contributed by atoms with Crippen molar-refractivity contribution in [2.45, 2.75) is 191 Å². The first-order valence-electron chi connectivity index (χ1n) is 17.2. The summed E-state index contributed by atoms with van der Waals surface area (Å²) in [5.74, 6) is -0.756. The number of carboxylic acids is 1. The highest BCUT2D eigenvalue weighted by atomic mass is 16.4. The first-order chi connectivity index (χ1) is 21.1. The molecule has 0 aromatic carbocycles. The molecule has 0 saturated heterocycles. The summed E-state index contributed by atoms with van der Waals surface area (Å²) in [5, 5.41) is 95.3. The van der Waals surface area contributed by atoms with Gasteiger partial charge in [0.15, 0.2) is 0 Å². The summed E-state index contributed by atoms with van der Waals surface area (Å²) in [6.45, 7) is 5.18. The van der Waals surface area contributed by atoms with Crippen LogP contribution in [0.1, 0.15) is 143 Å². The molecule has 0 aliphatic carbocycles. The Hall–Kier alpha value is -1.37. The van der Waals surface area contributed by atoms with Crippen LogP contribution in [0.3, 0.4) is 0 Å². The van der Waals surface area contributed by atoms with E-state index in [4.69, 9.17) is 5.11 Å². The molecule has 8 atom stereocenters. The number of allylic oxidation sites excluding steroid dienone is 3. The van der Waals surface area contributed by atoms with Gasteiger partial charge in [0.1, 0.15) is 41.2 Å². The fourth-order valence-corrected chi connectivity index (χ4v) is 5.52. The molecule has 0 fully saturated rings. The van der Waals surface area contributed by atoms with Crippen LogP contribution in [-0.4, -0.2) is 99.3 Å². The molecule has 0 aromatic rings. The van der Waals surface area contributed by atoms with Crippen LogP contribution in [0.4, 0.5) is 0 Å². The second kappa shape index (κ2) is 23.0. The molecule has 0 heterocycles. The maximum Gasteiger partial charge on any atom is 0.303 e. The Balaban J connectivity index is 4.76. The summed E-state index contributed by atoms with van der Waals surface area (Å²) in [4.78, 5) is 10.5. The molecule has 0 saturated carbocycles. The van der Waals surface area contributed by atoms with Gasteiger partial charge in [-0.05, 0) is 46.5 Å². The highest BCUT2D eigenvalue weighted by Gasteiger charge is 2.62. The van der Waals surface area contributed by atoms with Gasteiger partial charge in [0.2, 0.25) is 0 Å². The number of unbranched alkanes of at least 4 members (excludes halogenated alkanes) is 14. The van der Waals surface area contributed by atoms with Crippen molar-refractivity contribution in [2.24, 2.45) is 0 Å². The van der Waals surface area contributed by atoms with Crippen LogP contribution < -0.4 is 0 Å². The number of carboxylic acid groups (broad SMARTS) is 1. The van der Waals surface area contributed by atoms with Crippen molar-refractivity contribution in [3.05, 3.63) is 24.3 Å². The molecule has 0 bridgehead atoms. The summed E-state index contributed by atoms with van der Waals surface area (Å²) >= 11 is 0. The number of hydrogen-bond acceptors (Lipinski definition) is 9. The number of hydrogen-bond donors (Lipinski definition) is 9. The first-order valence-corrected chi connectivity index (χ1v) is 17.2. The Morgan fingerprint density at radius 1 is 0.644 bits per heavy atom. The normalized spacial score (nSPS) is 19.9.